The summed E-state index contributed by atoms with van der Waals surface area (Å²) in [5, 5.41) is 2.34. The molecule has 8 nitrogen and oxygen atoms in total. The summed E-state index contributed by atoms with van der Waals surface area (Å²) in [5.74, 6) is -1.37. The number of alkyl halides is 3. The largest absolute Gasteiger partial charge is 0.497 e. The van der Waals surface area contributed by atoms with Crippen molar-refractivity contribution in [1.29, 1.82) is 0 Å². The summed E-state index contributed by atoms with van der Waals surface area (Å²) in [6, 6.07) is 7.42. The molecule has 0 saturated heterocycles. The van der Waals surface area contributed by atoms with Crippen molar-refractivity contribution in [2.24, 2.45) is 5.92 Å². The first-order valence-electron chi connectivity index (χ1n) is 10.6. The summed E-state index contributed by atoms with van der Waals surface area (Å²) in [4.78, 5) is 37.9. The summed E-state index contributed by atoms with van der Waals surface area (Å²) < 4.78 is 61.0. The third-order valence-electron chi connectivity index (χ3n) is 5.41. The Labute approximate surface area is 199 Å². The van der Waals surface area contributed by atoms with Crippen LogP contribution in [-0.4, -0.2) is 44.2 Å². The predicted octanol–water partition coefficient (Wildman–Crippen LogP) is 4.32. The number of Topliss-reactive ketones (excluding diaryl/α,β-unsaturated/α-hetero) is 1. The normalized spacial score (nSPS) is 18.2. The molecule has 2 aromatic rings. The van der Waals surface area contributed by atoms with Gasteiger partial charge in [-0.25, -0.2) is 9.59 Å². The first-order valence-corrected chi connectivity index (χ1v) is 10.6. The molecule has 11 heteroatoms. The van der Waals surface area contributed by atoms with E-state index in [2.05, 4.69) is 10.1 Å². The van der Waals surface area contributed by atoms with Crippen molar-refractivity contribution < 1.29 is 46.5 Å². The minimum absolute atomic E-state index is 0.0344. The van der Waals surface area contributed by atoms with Crippen LogP contribution in [0, 0.1) is 5.92 Å². The predicted molar refractivity (Wildman–Crippen MR) is 116 cm³/mol. The average molecular weight is 495 g/mol. The molecule has 0 spiro atoms. The van der Waals surface area contributed by atoms with Crippen LogP contribution in [0.25, 0.3) is 0 Å². The molecule has 0 aliphatic carbocycles. The van der Waals surface area contributed by atoms with Gasteiger partial charge in [0.1, 0.15) is 17.5 Å². The zero-order valence-corrected chi connectivity index (χ0v) is 19.3. The molecule has 1 heterocycles. The van der Waals surface area contributed by atoms with Gasteiger partial charge in [-0.05, 0) is 35.7 Å². The van der Waals surface area contributed by atoms with Crippen molar-refractivity contribution >= 4 is 17.8 Å². The van der Waals surface area contributed by atoms with Crippen LogP contribution in [0.5, 0.6) is 11.5 Å². The quantitative estimate of drug-likeness (QED) is 0.596. The van der Waals surface area contributed by atoms with E-state index in [1.807, 2.05) is 0 Å². The van der Waals surface area contributed by atoms with Gasteiger partial charge in [0, 0.05) is 6.07 Å². The van der Waals surface area contributed by atoms with Crippen LogP contribution < -0.4 is 14.8 Å². The van der Waals surface area contributed by atoms with E-state index >= 15 is 0 Å². The second-order valence-electron chi connectivity index (χ2n) is 8.10. The Balaban J connectivity index is 1.99. The van der Waals surface area contributed by atoms with E-state index in [0.717, 1.165) is 25.3 Å². The Morgan fingerprint density at radius 2 is 1.80 bits per heavy atom. The Bertz CT molecular complexity index is 1120. The van der Waals surface area contributed by atoms with Crippen LogP contribution in [0.4, 0.5) is 18.0 Å². The molecular weight excluding hydrogens is 471 g/mol. The maximum Gasteiger partial charge on any atom is 0.416 e. The highest BCUT2D eigenvalue weighted by molar-refractivity contribution is 6.04. The van der Waals surface area contributed by atoms with E-state index in [0.29, 0.717) is 5.75 Å². The van der Waals surface area contributed by atoms with Gasteiger partial charge in [0.2, 0.25) is 11.9 Å². The van der Waals surface area contributed by atoms with Crippen LogP contribution in [0.1, 0.15) is 41.4 Å². The van der Waals surface area contributed by atoms with Crippen molar-refractivity contribution in [3.63, 3.8) is 0 Å². The Kier molecular flexibility index (Phi) is 7.57. The van der Waals surface area contributed by atoms with Crippen LogP contribution >= 0.6 is 0 Å². The fraction of sp³-hybridized carbons (Fsp3) is 0.375. The summed E-state index contributed by atoms with van der Waals surface area (Å²) >= 11 is 0. The Morgan fingerprint density at radius 3 is 2.40 bits per heavy atom. The molecule has 3 atom stereocenters. The van der Waals surface area contributed by atoms with Gasteiger partial charge in [-0.2, -0.15) is 13.2 Å². The number of carbonyl (C=O) groups excluding carboxylic acids is 3. The second kappa shape index (κ2) is 10.2. The number of nitrogens with one attached hydrogen (secondary N) is 1. The number of hydrogen-bond donors (Lipinski definition) is 1. The van der Waals surface area contributed by atoms with Gasteiger partial charge in [-0.3, -0.25) is 4.79 Å². The lowest BCUT2D eigenvalue weighted by atomic mass is 9.92. The molecule has 0 fully saturated rings. The van der Waals surface area contributed by atoms with Gasteiger partial charge in [0.25, 0.3) is 0 Å². The van der Waals surface area contributed by atoms with Crippen molar-refractivity contribution in [3.05, 3.63) is 59.2 Å². The molecule has 1 unspecified atom stereocenters. The maximum absolute atomic E-state index is 13.3. The van der Waals surface area contributed by atoms with Crippen molar-refractivity contribution in [3.8, 4) is 11.5 Å². The fourth-order valence-electron chi connectivity index (χ4n) is 3.57. The van der Waals surface area contributed by atoms with Crippen LogP contribution in [0.2, 0.25) is 0 Å². The molecule has 35 heavy (non-hydrogen) atoms. The number of rotatable bonds is 6. The number of benzene rings is 2. The van der Waals surface area contributed by atoms with Gasteiger partial charge in [0.15, 0.2) is 6.10 Å². The summed E-state index contributed by atoms with van der Waals surface area (Å²) in [5.41, 5.74) is -0.940. The van der Waals surface area contributed by atoms with Gasteiger partial charge in [0.05, 0.1) is 25.3 Å². The standard InChI is InChI=1S/C24H24F3NO7/c1-12(2)18(22(30)33-4)28-23(31)35-21-19(29)16-9-8-15(32-3)11-17(16)34-20(21)13-6-5-7-14(10-13)24(25,26)27/h5-12,18,20-21H,1-4H3,(H,28,31)/t18-,20-,21?/m0/s1. The van der Waals surface area contributed by atoms with E-state index in [4.69, 9.17) is 14.2 Å². The molecular formula is C24H24F3NO7. The minimum atomic E-state index is -4.64. The number of halogens is 3. The monoisotopic (exact) mass is 495 g/mol. The molecule has 188 valence electrons. The van der Waals surface area contributed by atoms with Gasteiger partial charge in [-0.1, -0.05) is 26.0 Å². The number of ketones is 1. The number of hydrogen-bond acceptors (Lipinski definition) is 7. The zero-order chi connectivity index (χ0) is 25.9. The fourth-order valence-corrected chi connectivity index (χ4v) is 3.57. The summed E-state index contributed by atoms with van der Waals surface area (Å²) in [7, 11) is 2.55. The summed E-state index contributed by atoms with van der Waals surface area (Å²) in [6.07, 6.45) is -8.81. The molecule has 3 rings (SSSR count). The zero-order valence-electron chi connectivity index (χ0n) is 19.3. The number of alkyl carbamates (subject to hydrolysis) is 1. The lowest BCUT2D eigenvalue weighted by Crippen LogP contribution is -2.48. The molecule has 1 aliphatic heterocycles. The van der Waals surface area contributed by atoms with E-state index < -0.39 is 47.8 Å². The third kappa shape index (κ3) is 5.67. The number of ether oxygens (including phenoxy) is 4. The average Bonchev–Trinajstić information content (AvgIpc) is 2.82. The van der Waals surface area contributed by atoms with Gasteiger partial charge < -0.3 is 24.3 Å². The molecule has 0 bridgehead atoms. The van der Waals surface area contributed by atoms with Crippen LogP contribution in [0.15, 0.2) is 42.5 Å². The Morgan fingerprint density at radius 1 is 1.09 bits per heavy atom. The summed E-state index contributed by atoms with van der Waals surface area (Å²) in [6.45, 7) is 3.32. The number of amides is 1. The van der Waals surface area contributed by atoms with Gasteiger partial charge >= 0.3 is 18.2 Å². The number of carbonyl (C=O) groups is 3. The topological polar surface area (TPSA) is 100 Å². The van der Waals surface area contributed by atoms with Crippen LogP contribution in [0.3, 0.4) is 0 Å². The lowest BCUT2D eigenvalue weighted by molar-refractivity contribution is -0.144. The number of esters is 1. The highest BCUT2D eigenvalue weighted by atomic mass is 19.4. The van der Waals surface area contributed by atoms with Crippen molar-refractivity contribution in [1.82, 2.24) is 5.32 Å². The van der Waals surface area contributed by atoms with Gasteiger partial charge in [-0.15, -0.1) is 0 Å². The number of fused-ring (bicyclic) bond motifs is 1. The first kappa shape index (κ1) is 25.9. The smallest absolute Gasteiger partial charge is 0.416 e. The molecule has 0 saturated carbocycles. The molecule has 2 aromatic carbocycles. The number of methoxy groups -OCH3 is 2. The third-order valence-corrected chi connectivity index (χ3v) is 5.41. The maximum atomic E-state index is 13.3. The first-order chi connectivity index (χ1) is 16.5. The molecule has 0 radical (unpaired) electrons. The Hall–Kier alpha value is -3.76. The minimum Gasteiger partial charge on any atom is -0.497 e. The van der Waals surface area contributed by atoms with E-state index in [-0.39, 0.29) is 22.8 Å². The molecule has 1 aliphatic rings. The highest BCUT2D eigenvalue weighted by Crippen LogP contribution is 2.40. The van der Waals surface area contributed by atoms with E-state index in [9.17, 15) is 27.6 Å². The molecule has 1 amide bonds. The molecule has 1 N–H and O–H groups in total. The van der Waals surface area contributed by atoms with E-state index in [1.54, 1.807) is 13.8 Å². The SMILES string of the molecule is COC(=O)[C@@H](NC(=O)OC1C(=O)c2ccc(OC)cc2O[C@H]1c1cccc(C(F)(F)F)c1)C(C)C. The highest BCUT2D eigenvalue weighted by Gasteiger charge is 2.43. The lowest BCUT2D eigenvalue weighted by Gasteiger charge is -2.33. The van der Waals surface area contributed by atoms with E-state index in [1.165, 1.54) is 31.4 Å². The second-order valence-corrected chi connectivity index (χ2v) is 8.10. The molecule has 0 aromatic heterocycles. The van der Waals surface area contributed by atoms with Crippen LogP contribution in [-0.2, 0) is 20.4 Å². The van der Waals surface area contributed by atoms with Crippen molar-refractivity contribution in [2.75, 3.05) is 14.2 Å². The van der Waals surface area contributed by atoms with Crippen molar-refractivity contribution in [2.45, 2.75) is 38.3 Å².